The smallest absolute Gasteiger partial charge is 0.331 e. The van der Waals surface area contributed by atoms with E-state index in [-0.39, 0.29) is 18.7 Å². The van der Waals surface area contributed by atoms with E-state index in [4.69, 9.17) is 9.84 Å². The Bertz CT molecular complexity index is 443. The highest BCUT2D eigenvalue weighted by molar-refractivity contribution is 5.83. The van der Waals surface area contributed by atoms with Gasteiger partial charge < -0.3 is 14.9 Å². The van der Waals surface area contributed by atoms with E-state index < -0.39 is 6.10 Å². The highest BCUT2D eigenvalue weighted by Crippen LogP contribution is 2.16. The minimum atomic E-state index is -0.593. The van der Waals surface area contributed by atoms with Crippen LogP contribution in [0.4, 0.5) is 0 Å². The maximum Gasteiger partial charge on any atom is 0.331 e. The van der Waals surface area contributed by atoms with Crippen molar-refractivity contribution in [3.63, 3.8) is 0 Å². The first kappa shape index (κ1) is 16.4. The third kappa shape index (κ3) is 6.50. The van der Waals surface area contributed by atoms with Crippen LogP contribution in [0.25, 0.3) is 0 Å². The average Bonchev–Trinajstić information content (AvgIpc) is 2.37. The van der Waals surface area contributed by atoms with Crippen LogP contribution in [0.15, 0.2) is 47.6 Å². The fourth-order valence-corrected chi connectivity index (χ4v) is 1.76. The molecule has 2 N–H and O–H groups in total. The summed E-state index contributed by atoms with van der Waals surface area (Å²) in [5.41, 5.74) is 1.83. The van der Waals surface area contributed by atoms with Crippen molar-refractivity contribution < 1.29 is 19.7 Å². The van der Waals surface area contributed by atoms with Gasteiger partial charge in [-0.15, -0.1) is 0 Å². The maximum atomic E-state index is 11.2. The summed E-state index contributed by atoms with van der Waals surface area (Å²) in [6, 6.07) is 0. The molecule has 0 saturated carbocycles. The first-order valence-corrected chi connectivity index (χ1v) is 6.68. The Morgan fingerprint density at radius 1 is 1.60 bits per heavy atom. The van der Waals surface area contributed by atoms with Crippen molar-refractivity contribution in [3.05, 3.63) is 47.6 Å². The molecule has 0 aliphatic carbocycles. The van der Waals surface area contributed by atoms with Gasteiger partial charge in [0.25, 0.3) is 0 Å². The molecule has 0 amide bonds. The largest absolute Gasteiger partial charge is 0.455 e. The number of cyclic esters (lactones) is 1. The summed E-state index contributed by atoms with van der Waals surface area (Å²) >= 11 is 0. The van der Waals surface area contributed by atoms with Gasteiger partial charge in [0.1, 0.15) is 6.10 Å². The molecule has 110 valence electrons. The summed E-state index contributed by atoms with van der Waals surface area (Å²) in [5.74, 6) is -0.312. The molecule has 0 spiro atoms. The number of ether oxygens (including phenoxy) is 1. The summed E-state index contributed by atoms with van der Waals surface area (Å²) < 4.78 is 5.13. The Hall–Kier alpha value is -1.65. The molecule has 4 nitrogen and oxygen atoms in total. The van der Waals surface area contributed by atoms with Crippen LogP contribution in [0.5, 0.6) is 0 Å². The molecule has 0 aromatic carbocycles. The van der Waals surface area contributed by atoms with E-state index in [1.165, 1.54) is 6.08 Å². The predicted octanol–water partition coefficient (Wildman–Crippen LogP) is 2.05. The number of hydrogen-bond donors (Lipinski definition) is 2. The van der Waals surface area contributed by atoms with Gasteiger partial charge in [-0.1, -0.05) is 29.9 Å². The summed E-state index contributed by atoms with van der Waals surface area (Å²) in [7, 11) is 0. The molecule has 0 aromatic heterocycles. The second-order valence-electron chi connectivity index (χ2n) is 4.96. The number of allylic oxidation sites excluding steroid dienone is 2. The summed E-state index contributed by atoms with van der Waals surface area (Å²) in [4.78, 5) is 11.2. The zero-order valence-corrected chi connectivity index (χ0v) is 12.0. The lowest BCUT2D eigenvalue weighted by atomic mass is 10.1. The Balaban J connectivity index is 2.37. The molecule has 0 bridgehead atoms. The van der Waals surface area contributed by atoms with Crippen LogP contribution >= 0.6 is 0 Å². The lowest BCUT2D eigenvalue weighted by Crippen LogP contribution is -2.19. The number of rotatable bonds is 6. The third-order valence-corrected chi connectivity index (χ3v) is 2.85. The molecule has 1 rings (SSSR count). The van der Waals surface area contributed by atoms with E-state index in [2.05, 4.69) is 0 Å². The van der Waals surface area contributed by atoms with Crippen molar-refractivity contribution in [3.8, 4) is 0 Å². The Labute approximate surface area is 119 Å². The van der Waals surface area contributed by atoms with Gasteiger partial charge in [0.15, 0.2) is 0 Å². The Morgan fingerprint density at radius 3 is 3.00 bits per heavy atom. The fraction of sp³-hybridized carbons (Fsp3) is 0.438. The van der Waals surface area contributed by atoms with Gasteiger partial charge in [-0.2, -0.15) is 0 Å². The summed E-state index contributed by atoms with van der Waals surface area (Å²) in [5, 5.41) is 18.5. The first-order chi connectivity index (χ1) is 9.51. The van der Waals surface area contributed by atoms with Crippen molar-refractivity contribution in [1.82, 2.24) is 0 Å². The predicted molar refractivity (Wildman–Crippen MR) is 78.0 cm³/mol. The topological polar surface area (TPSA) is 66.8 Å². The van der Waals surface area contributed by atoms with E-state index in [0.717, 1.165) is 11.1 Å². The van der Waals surface area contributed by atoms with Gasteiger partial charge >= 0.3 is 5.97 Å². The van der Waals surface area contributed by atoms with Gasteiger partial charge in [-0.05, 0) is 31.9 Å². The van der Waals surface area contributed by atoms with Crippen LogP contribution in [-0.2, 0) is 9.53 Å². The van der Waals surface area contributed by atoms with Gasteiger partial charge in [0.2, 0.25) is 0 Å². The molecule has 20 heavy (non-hydrogen) atoms. The van der Waals surface area contributed by atoms with Crippen molar-refractivity contribution >= 4 is 5.97 Å². The zero-order chi connectivity index (χ0) is 15.0. The second-order valence-corrected chi connectivity index (χ2v) is 4.96. The van der Waals surface area contributed by atoms with Crippen molar-refractivity contribution in [2.45, 2.75) is 38.9 Å². The normalized spacial score (nSPS) is 22.2. The quantitative estimate of drug-likeness (QED) is 0.443. The first-order valence-electron chi connectivity index (χ1n) is 6.68. The molecule has 0 aromatic rings. The lowest BCUT2D eigenvalue weighted by Gasteiger charge is -2.18. The molecule has 1 heterocycles. The second kappa shape index (κ2) is 8.51. The molecule has 1 aliphatic heterocycles. The van der Waals surface area contributed by atoms with Gasteiger partial charge in [0, 0.05) is 12.5 Å². The van der Waals surface area contributed by atoms with E-state index >= 15 is 0 Å². The molecule has 0 fully saturated rings. The number of esters is 1. The van der Waals surface area contributed by atoms with Crippen LogP contribution in [0.2, 0.25) is 0 Å². The SMILES string of the molecule is CC(=CC=CC(O)CC=CC1CC(C)=CC(=O)O1)CO. The molecular formula is C16H22O4. The molecule has 0 radical (unpaired) electrons. The van der Waals surface area contributed by atoms with Crippen LogP contribution in [0.3, 0.4) is 0 Å². The molecule has 0 saturated heterocycles. The standard InChI is InChI=1S/C16H22O4/c1-12(11-17)5-3-6-14(18)7-4-8-15-9-13(2)10-16(19)20-15/h3-6,8,10,14-15,17-18H,7,9,11H2,1-2H3. The van der Waals surface area contributed by atoms with Crippen molar-refractivity contribution in [1.29, 1.82) is 0 Å². The van der Waals surface area contributed by atoms with E-state index in [0.29, 0.717) is 12.8 Å². The van der Waals surface area contributed by atoms with E-state index in [1.807, 2.05) is 19.9 Å². The average molecular weight is 278 g/mol. The summed E-state index contributed by atoms with van der Waals surface area (Å²) in [6.45, 7) is 3.72. The van der Waals surface area contributed by atoms with Gasteiger partial charge in [-0.25, -0.2) is 4.79 Å². The van der Waals surface area contributed by atoms with Crippen LogP contribution in [0.1, 0.15) is 26.7 Å². The zero-order valence-electron chi connectivity index (χ0n) is 12.0. The monoisotopic (exact) mass is 278 g/mol. The number of hydrogen-bond acceptors (Lipinski definition) is 4. The number of aliphatic hydroxyl groups is 2. The van der Waals surface area contributed by atoms with Crippen molar-refractivity contribution in [2.75, 3.05) is 6.61 Å². The van der Waals surface area contributed by atoms with Crippen LogP contribution in [-0.4, -0.2) is 35.0 Å². The fourth-order valence-electron chi connectivity index (χ4n) is 1.76. The van der Waals surface area contributed by atoms with E-state index in [9.17, 15) is 9.90 Å². The maximum absolute atomic E-state index is 11.2. The van der Waals surface area contributed by atoms with Crippen LogP contribution < -0.4 is 0 Å². The molecule has 1 aliphatic rings. The molecule has 2 unspecified atom stereocenters. The number of carbonyl (C=O) groups excluding carboxylic acids is 1. The minimum absolute atomic E-state index is 0.0141. The Morgan fingerprint density at radius 2 is 2.35 bits per heavy atom. The minimum Gasteiger partial charge on any atom is -0.455 e. The van der Waals surface area contributed by atoms with E-state index in [1.54, 1.807) is 24.3 Å². The lowest BCUT2D eigenvalue weighted by molar-refractivity contribution is -0.142. The Kier molecular flexibility index (Phi) is 6.98. The highest BCUT2D eigenvalue weighted by atomic mass is 16.5. The van der Waals surface area contributed by atoms with Gasteiger partial charge in [-0.3, -0.25) is 0 Å². The highest BCUT2D eigenvalue weighted by Gasteiger charge is 2.16. The third-order valence-electron chi connectivity index (χ3n) is 2.85. The number of aliphatic hydroxyl groups excluding tert-OH is 2. The van der Waals surface area contributed by atoms with Gasteiger partial charge in [0.05, 0.1) is 12.7 Å². The van der Waals surface area contributed by atoms with Crippen molar-refractivity contribution in [2.24, 2.45) is 0 Å². The summed E-state index contributed by atoms with van der Waals surface area (Å²) in [6.07, 6.45) is 10.6. The molecule has 2 atom stereocenters. The molecular weight excluding hydrogens is 256 g/mol. The number of carbonyl (C=O) groups is 1. The van der Waals surface area contributed by atoms with Crippen LogP contribution in [0, 0.1) is 0 Å². The molecule has 4 heteroatoms.